The molecule has 0 aliphatic carbocycles. The van der Waals surface area contributed by atoms with E-state index >= 15 is 0 Å². The fourth-order valence-electron chi connectivity index (χ4n) is 2.07. The van der Waals surface area contributed by atoms with Crippen molar-refractivity contribution in [3.8, 4) is 0 Å². The first-order chi connectivity index (χ1) is 8.66. The average molecular weight is 268 g/mol. The number of ether oxygens (including phenoxy) is 1. The second-order valence-electron chi connectivity index (χ2n) is 4.41. The number of anilines is 1. The molecule has 1 unspecified atom stereocenters. The highest BCUT2D eigenvalue weighted by Crippen LogP contribution is 2.17. The van der Waals surface area contributed by atoms with Gasteiger partial charge in [-0.2, -0.15) is 0 Å². The van der Waals surface area contributed by atoms with Crippen molar-refractivity contribution < 1.29 is 9.13 Å². The number of nitrogens with two attached hydrogens (primary N) is 1. The number of nitrogens with one attached hydrogen (secondary N) is 1. The Labute approximate surface area is 112 Å². The van der Waals surface area contributed by atoms with E-state index < -0.39 is 0 Å². The van der Waals surface area contributed by atoms with Crippen LogP contribution in [0.1, 0.15) is 24.8 Å². The van der Waals surface area contributed by atoms with Gasteiger partial charge in [-0.3, -0.25) is 0 Å². The summed E-state index contributed by atoms with van der Waals surface area (Å²) >= 11 is 4.75. The van der Waals surface area contributed by atoms with Crippen molar-refractivity contribution in [1.82, 2.24) is 0 Å². The summed E-state index contributed by atoms with van der Waals surface area (Å²) < 4.78 is 19.1. The lowest BCUT2D eigenvalue weighted by Gasteiger charge is -2.11. The first kappa shape index (κ1) is 13.2. The van der Waals surface area contributed by atoms with Crippen molar-refractivity contribution in [2.75, 3.05) is 18.5 Å². The lowest BCUT2D eigenvalue weighted by Crippen LogP contribution is -2.14. The number of thiocarbonyl (C=S) groups is 1. The molecule has 0 radical (unpaired) electrons. The maximum Gasteiger partial charge on any atom is 0.135 e. The Balaban J connectivity index is 1.85. The van der Waals surface area contributed by atoms with Crippen LogP contribution in [0.2, 0.25) is 0 Å². The number of rotatable bonds is 5. The van der Waals surface area contributed by atoms with Gasteiger partial charge in [0.25, 0.3) is 0 Å². The zero-order chi connectivity index (χ0) is 13.0. The predicted molar refractivity (Wildman–Crippen MR) is 74.4 cm³/mol. The van der Waals surface area contributed by atoms with E-state index in [4.69, 9.17) is 22.7 Å². The molecule has 1 heterocycles. The van der Waals surface area contributed by atoms with Crippen LogP contribution in [0.25, 0.3) is 0 Å². The molecule has 3 N–H and O–H groups in total. The molecule has 98 valence electrons. The van der Waals surface area contributed by atoms with Gasteiger partial charge >= 0.3 is 0 Å². The average Bonchev–Trinajstić information content (AvgIpc) is 2.81. The van der Waals surface area contributed by atoms with Gasteiger partial charge in [0.05, 0.1) is 6.10 Å². The van der Waals surface area contributed by atoms with Crippen LogP contribution in [0.15, 0.2) is 18.2 Å². The van der Waals surface area contributed by atoms with Gasteiger partial charge in [0.15, 0.2) is 0 Å². The Morgan fingerprint density at radius 3 is 3.00 bits per heavy atom. The van der Waals surface area contributed by atoms with Crippen molar-refractivity contribution in [2.24, 2.45) is 5.73 Å². The molecule has 1 aliphatic rings. The Kier molecular flexibility index (Phi) is 4.49. The summed E-state index contributed by atoms with van der Waals surface area (Å²) in [5.41, 5.74) is 6.43. The number of hydrogen-bond acceptors (Lipinski definition) is 3. The zero-order valence-corrected chi connectivity index (χ0v) is 10.9. The minimum atomic E-state index is -0.385. The highest BCUT2D eigenvalue weighted by molar-refractivity contribution is 7.80. The Bertz CT molecular complexity index is 433. The van der Waals surface area contributed by atoms with Crippen LogP contribution < -0.4 is 11.1 Å². The lowest BCUT2D eigenvalue weighted by atomic mass is 10.1. The summed E-state index contributed by atoms with van der Waals surface area (Å²) in [4.78, 5) is 0.0819. The molecule has 0 aromatic heterocycles. The summed E-state index contributed by atoms with van der Waals surface area (Å²) in [6.07, 6.45) is 3.55. The molecule has 1 aromatic carbocycles. The standard InChI is InChI=1S/C13H17FN2OS/c14-12-8-9(3-4-11(12)13(15)18)16-6-5-10-2-1-7-17-10/h3-4,8,10,16H,1-2,5-7H2,(H2,15,18). The van der Waals surface area contributed by atoms with Gasteiger partial charge < -0.3 is 15.8 Å². The molecule has 1 atom stereocenters. The third-order valence-electron chi connectivity index (χ3n) is 3.05. The molecule has 1 fully saturated rings. The maximum atomic E-state index is 13.6. The summed E-state index contributed by atoms with van der Waals surface area (Å²) in [7, 11) is 0. The van der Waals surface area contributed by atoms with E-state index in [0.29, 0.717) is 6.10 Å². The SMILES string of the molecule is NC(=S)c1ccc(NCCC2CCCO2)cc1F. The van der Waals surface area contributed by atoms with Crippen molar-refractivity contribution >= 4 is 22.9 Å². The van der Waals surface area contributed by atoms with Crippen molar-refractivity contribution in [1.29, 1.82) is 0 Å². The quantitative estimate of drug-likeness (QED) is 0.805. The number of halogens is 1. The van der Waals surface area contributed by atoms with Crippen molar-refractivity contribution in [3.05, 3.63) is 29.6 Å². The monoisotopic (exact) mass is 268 g/mol. The van der Waals surface area contributed by atoms with Crippen molar-refractivity contribution in [2.45, 2.75) is 25.4 Å². The van der Waals surface area contributed by atoms with Gasteiger partial charge in [0, 0.05) is 24.4 Å². The highest BCUT2D eigenvalue weighted by Gasteiger charge is 2.14. The maximum absolute atomic E-state index is 13.6. The molecule has 18 heavy (non-hydrogen) atoms. The van der Waals surface area contributed by atoms with Gasteiger partial charge in [0.2, 0.25) is 0 Å². The first-order valence-corrected chi connectivity index (χ1v) is 6.52. The summed E-state index contributed by atoms with van der Waals surface area (Å²) in [6.45, 7) is 1.64. The fraction of sp³-hybridized carbons (Fsp3) is 0.462. The molecule has 0 amide bonds. The molecule has 1 aromatic rings. The molecule has 0 bridgehead atoms. The van der Waals surface area contributed by atoms with E-state index in [-0.39, 0.29) is 16.4 Å². The van der Waals surface area contributed by atoms with Crippen LogP contribution in [0.3, 0.4) is 0 Å². The van der Waals surface area contributed by atoms with Gasteiger partial charge in [-0.05, 0) is 37.5 Å². The Morgan fingerprint density at radius 2 is 2.39 bits per heavy atom. The van der Waals surface area contributed by atoms with E-state index in [2.05, 4.69) is 5.32 Å². The number of hydrogen-bond donors (Lipinski definition) is 2. The van der Waals surface area contributed by atoms with Crippen LogP contribution >= 0.6 is 12.2 Å². The van der Waals surface area contributed by atoms with E-state index in [1.807, 2.05) is 0 Å². The molecule has 1 aliphatic heterocycles. The van der Waals surface area contributed by atoms with Gasteiger partial charge in [-0.15, -0.1) is 0 Å². The van der Waals surface area contributed by atoms with E-state index in [9.17, 15) is 4.39 Å². The topological polar surface area (TPSA) is 47.3 Å². The molecule has 5 heteroatoms. The predicted octanol–water partition coefficient (Wildman–Crippen LogP) is 2.44. The Morgan fingerprint density at radius 1 is 1.56 bits per heavy atom. The molecule has 2 rings (SSSR count). The highest BCUT2D eigenvalue weighted by atomic mass is 32.1. The number of benzene rings is 1. The van der Waals surface area contributed by atoms with Crippen molar-refractivity contribution in [3.63, 3.8) is 0 Å². The lowest BCUT2D eigenvalue weighted by molar-refractivity contribution is 0.107. The van der Waals surface area contributed by atoms with Gasteiger partial charge in [-0.25, -0.2) is 4.39 Å². The van der Waals surface area contributed by atoms with Gasteiger partial charge in [-0.1, -0.05) is 12.2 Å². The zero-order valence-electron chi connectivity index (χ0n) is 10.1. The molecule has 0 saturated carbocycles. The molecule has 0 spiro atoms. The van der Waals surface area contributed by atoms with Crippen LogP contribution in [-0.4, -0.2) is 24.2 Å². The largest absolute Gasteiger partial charge is 0.389 e. The molecule has 1 saturated heterocycles. The van der Waals surface area contributed by atoms with Crippen LogP contribution in [-0.2, 0) is 4.74 Å². The normalized spacial score (nSPS) is 18.8. The van der Waals surface area contributed by atoms with Crippen LogP contribution in [0, 0.1) is 5.82 Å². The third kappa shape index (κ3) is 3.40. The van der Waals surface area contributed by atoms with E-state index in [1.165, 1.54) is 6.07 Å². The fourth-order valence-corrected chi connectivity index (χ4v) is 2.24. The smallest absolute Gasteiger partial charge is 0.135 e. The Hall–Kier alpha value is -1.20. The summed E-state index contributed by atoms with van der Waals surface area (Å²) in [5, 5.41) is 3.17. The second-order valence-corrected chi connectivity index (χ2v) is 4.85. The van der Waals surface area contributed by atoms with Crippen LogP contribution in [0.5, 0.6) is 0 Å². The van der Waals surface area contributed by atoms with E-state index in [1.54, 1.807) is 12.1 Å². The summed E-state index contributed by atoms with van der Waals surface area (Å²) in [6, 6.07) is 4.81. The molecular formula is C13H17FN2OS. The first-order valence-electron chi connectivity index (χ1n) is 6.11. The minimum absolute atomic E-state index is 0.0819. The molecular weight excluding hydrogens is 251 g/mol. The van der Waals surface area contributed by atoms with Crippen LogP contribution in [0.4, 0.5) is 10.1 Å². The van der Waals surface area contributed by atoms with Gasteiger partial charge in [0.1, 0.15) is 10.8 Å². The third-order valence-corrected chi connectivity index (χ3v) is 3.27. The molecule has 3 nitrogen and oxygen atoms in total. The second kappa shape index (κ2) is 6.11. The minimum Gasteiger partial charge on any atom is -0.389 e. The summed E-state index contributed by atoms with van der Waals surface area (Å²) in [5.74, 6) is -0.385. The van der Waals surface area contributed by atoms with E-state index in [0.717, 1.165) is 38.1 Å².